The van der Waals surface area contributed by atoms with Crippen LogP contribution in [0.25, 0.3) is 27.9 Å². The van der Waals surface area contributed by atoms with Crippen LogP contribution in [0.5, 0.6) is 0 Å². The lowest BCUT2D eigenvalue weighted by Crippen LogP contribution is -2.44. The molecule has 0 bridgehead atoms. The number of piperazine rings is 1. The van der Waals surface area contributed by atoms with E-state index in [9.17, 15) is 4.79 Å². The summed E-state index contributed by atoms with van der Waals surface area (Å²) in [6.07, 6.45) is 9.88. The second-order valence-corrected chi connectivity index (χ2v) is 11.1. The zero-order valence-electron chi connectivity index (χ0n) is 23.1. The number of anilines is 3. The first-order valence-corrected chi connectivity index (χ1v) is 14.4. The van der Waals surface area contributed by atoms with Crippen molar-refractivity contribution in [3.05, 3.63) is 60.9 Å². The van der Waals surface area contributed by atoms with Crippen LogP contribution < -0.4 is 21.3 Å². The number of nitrogens with zero attached hydrogens (tertiary/aromatic N) is 5. The molecule has 9 heteroatoms. The molecular formula is C31H38N8O. The van der Waals surface area contributed by atoms with Crippen molar-refractivity contribution in [2.75, 3.05) is 55.7 Å². The van der Waals surface area contributed by atoms with Crippen molar-refractivity contribution in [1.29, 1.82) is 0 Å². The van der Waals surface area contributed by atoms with Gasteiger partial charge in [0.25, 0.3) is 0 Å². The van der Waals surface area contributed by atoms with Gasteiger partial charge in [-0.2, -0.15) is 9.61 Å². The molecule has 0 atom stereocenters. The number of amides is 2. The number of carbonyl (C=O) groups is 1. The molecule has 9 nitrogen and oxygen atoms in total. The summed E-state index contributed by atoms with van der Waals surface area (Å²) in [5.74, 6) is 1.12. The van der Waals surface area contributed by atoms with Gasteiger partial charge in [0.15, 0.2) is 5.65 Å². The van der Waals surface area contributed by atoms with Gasteiger partial charge < -0.3 is 26.2 Å². The van der Waals surface area contributed by atoms with Crippen molar-refractivity contribution in [1.82, 2.24) is 24.8 Å². The second-order valence-electron chi connectivity index (χ2n) is 11.1. The number of nitrogens with one attached hydrogen (secondary N) is 2. The number of hydrogen-bond acceptors (Lipinski definition) is 6. The van der Waals surface area contributed by atoms with Crippen LogP contribution in [0.1, 0.15) is 32.1 Å². The molecule has 1 aliphatic carbocycles. The molecular weight excluding hydrogens is 500 g/mol. The number of carbonyl (C=O) groups excluding carboxylic acids is 1. The Bertz CT molecular complexity index is 1450. The molecule has 2 aromatic heterocycles. The Morgan fingerprint density at radius 2 is 1.57 bits per heavy atom. The van der Waals surface area contributed by atoms with Crippen molar-refractivity contribution in [2.45, 2.75) is 32.1 Å². The molecule has 6 rings (SSSR count). The van der Waals surface area contributed by atoms with Crippen LogP contribution in [0.2, 0.25) is 0 Å². The number of aromatic nitrogens is 3. The van der Waals surface area contributed by atoms with Gasteiger partial charge in [0.1, 0.15) is 5.82 Å². The quantitative estimate of drug-likeness (QED) is 0.316. The van der Waals surface area contributed by atoms with Crippen molar-refractivity contribution < 1.29 is 4.79 Å². The Balaban J connectivity index is 1.13. The summed E-state index contributed by atoms with van der Waals surface area (Å²) in [5.41, 5.74) is 13.0. The Hall–Kier alpha value is -4.11. The van der Waals surface area contributed by atoms with Gasteiger partial charge in [0.2, 0.25) is 0 Å². The Morgan fingerprint density at radius 1 is 0.900 bits per heavy atom. The fraction of sp³-hybridized carbons (Fsp3) is 0.387. The molecule has 0 radical (unpaired) electrons. The Morgan fingerprint density at radius 3 is 2.30 bits per heavy atom. The minimum atomic E-state index is -0.165. The molecule has 0 spiro atoms. The first kappa shape index (κ1) is 26.1. The van der Waals surface area contributed by atoms with Crippen molar-refractivity contribution in [3.63, 3.8) is 0 Å². The SMILES string of the molecule is CN1CCN(c2ccc(-c3cnn4c(N)c(-c5ccc(NC(=O)NCC6CCCCC6)cc5)cnc34)cc2)CC1. The minimum Gasteiger partial charge on any atom is -0.383 e. The van der Waals surface area contributed by atoms with E-state index in [1.165, 1.54) is 37.8 Å². The number of nitrogen functional groups attached to an aromatic ring is 1. The lowest BCUT2D eigenvalue weighted by molar-refractivity contribution is 0.247. The highest BCUT2D eigenvalue weighted by Crippen LogP contribution is 2.31. The van der Waals surface area contributed by atoms with Crippen LogP contribution in [0.4, 0.5) is 22.0 Å². The van der Waals surface area contributed by atoms with Crippen molar-refractivity contribution >= 4 is 28.9 Å². The Labute approximate surface area is 235 Å². The summed E-state index contributed by atoms with van der Waals surface area (Å²) >= 11 is 0. The average Bonchev–Trinajstić information content (AvgIpc) is 3.43. The van der Waals surface area contributed by atoms with Crippen LogP contribution in [-0.4, -0.2) is 65.3 Å². The van der Waals surface area contributed by atoms with E-state index < -0.39 is 0 Å². The van der Waals surface area contributed by atoms with E-state index in [1.807, 2.05) is 30.5 Å². The highest BCUT2D eigenvalue weighted by Gasteiger charge is 2.17. The molecule has 0 unspecified atom stereocenters. The predicted octanol–water partition coefficient (Wildman–Crippen LogP) is 5.10. The van der Waals surface area contributed by atoms with Gasteiger partial charge in [0.05, 0.1) is 6.20 Å². The second kappa shape index (κ2) is 11.6. The number of urea groups is 1. The number of rotatable bonds is 6. The third kappa shape index (κ3) is 5.60. The molecule has 40 heavy (non-hydrogen) atoms. The van der Waals surface area contributed by atoms with Crippen LogP contribution in [0, 0.1) is 5.92 Å². The summed E-state index contributed by atoms with van der Waals surface area (Å²) in [5, 5.41) is 10.5. The van der Waals surface area contributed by atoms with Crippen LogP contribution >= 0.6 is 0 Å². The number of likely N-dealkylation sites (N-methyl/N-ethyl adjacent to an activating group) is 1. The number of hydrogen-bond donors (Lipinski definition) is 3. The largest absolute Gasteiger partial charge is 0.383 e. The van der Waals surface area contributed by atoms with E-state index >= 15 is 0 Å². The molecule has 2 fully saturated rings. The molecule has 2 aliphatic rings. The van der Waals surface area contributed by atoms with Gasteiger partial charge in [-0.15, -0.1) is 0 Å². The first-order valence-electron chi connectivity index (χ1n) is 14.4. The summed E-state index contributed by atoms with van der Waals surface area (Å²) in [6, 6.07) is 16.1. The maximum absolute atomic E-state index is 12.4. The monoisotopic (exact) mass is 538 g/mol. The maximum Gasteiger partial charge on any atom is 0.319 e. The molecule has 4 N–H and O–H groups in total. The smallest absolute Gasteiger partial charge is 0.319 e. The van der Waals surface area contributed by atoms with E-state index in [1.54, 1.807) is 10.7 Å². The minimum absolute atomic E-state index is 0.165. The van der Waals surface area contributed by atoms with E-state index in [4.69, 9.17) is 10.7 Å². The number of benzene rings is 2. The molecule has 4 aromatic rings. The van der Waals surface area contributed by atoms with E-state index in [-0.39, 0.29) is 6.03 Å². The lowest BCUT2D eigenvalue weighted by Gasteiger charge is -2.34. The highest BCUT2D eigenvalue weighted by molar-refractivity contribution is 5.90. The van der Waals surface area contributed by atoms with Crippen molar-refractivity contribution in [2.24, 2.45) is 5.92 Å². The predicted molar refractivity (Wildman–Crippen MR) is 162 cm³/mol. The summed E-state index contributed by atoms with van der Waals surface area (Å²) in [6.45, 7) is 4.97. The molecule has 3 heterocycles. The van der Waals surface area contributed by atoms with Crippen LogP contribution in [0.15, 0.2) is 60.9 Å². The van der Waals surface area contributed by atoms with Gasteiger partial charge >= 0.3 is 6.03 Å². The first-order chi connectivity index (χ1) is 19.5. The van der Waals surface area contributed by atoms with E-state index in [0.29, 0.717) is 11.7 Å². The summed E-state index contributed by atoms with van der Waals surface area (Å²) < 4.78 is 1.70. The zero-order chi connectivity index (χ0) is 27.5. The fourth-order valence-electron chi connectivity index (χ4n) is 5.83. The topological polar surface area (TPSA) is 104 Å². The third-order valence-corrected chi connectivity index (χ3v) is 8.34. The standard InChI is InChI=1S/C31H38N8O/c1-37-15-17-38(18-16-37)26-13-9-24(10-14-26)28-21-35-39-29(32)27(20-33-30(28)39)23-7-11-25(12-8-23)36-31(40)34-19-22-5-3-2-4-6-22/h7-14,20-22H,2-6,15-19,32H2,1H3,(H2,34,36,40). The normalized spacial score (nSPS) is 16.8. The van der Waals surface area contributed by atoms with E-state index in [0.717, 1.165) is 66.3 Å². The highest BCUT2D eigenvalue weighted by atomic mass is 16.2. The van der Waals surface area contributed by atoms with Gasteiger partial charge in [-0.3, -0.25) is 0 Å². The van der Waals surface area contributed by atoms with Gasteiger partial charge in [0, 0.05) is 61.4 Å². The van der Waals surface area contributed by atoms with Gasteiger partial charge in [-0.05, 0) is 61.2 Å². The fourth-order valence-corrected chi connectivity index (χ4v) is 5.83. The Kier molecular flexibility index (Phi) is 7.55. The van der Waals surface area contributed by atoms with Crippen LogP contribution in [0.3, 0.4) is 0 Å². The van der Waals surface area contributed by atoms with Gasteiger partial charge in [-0.1, -0.05) is 43.5 Å². The van der Waals surface area contributed by atoms with Crippen LogP contribution in [-0.2, 0) is 0 Å². The van der Waals surface area contributed by atoms with Crippen molar-refractivity contribution in [3.8, 4) is 22.3 Å². The molecule has 2 amide bonds. The summed E-state index contributed by atoms with van der Waals surface area (Å²) in [4.78, 5) is 21.9. The summed E-state index contributed by atoms with van der Waals surface area (Å²) in [7, 11) is 2.17. The average molecular weight is 539 g/mol. The van der Waals surface area contributed by atoms with E-state index in [2.05, 4.69) is 56.8 Å². The molecule has 2 aromatic carbocycles. The molecule has 1 saturated carbocycles. The third-order valence-electron chi connectivity index (χ3n) is 8.34. The zero-order valence-corrected chi connectivity index (χ0v) is 23.1. The molecule has 1 saturated heterocycles. The molecule has 1 aliphatic heterocycles. The maximum atomic E-state index is 12.4. The lowest BCUT2D eigenvalue weighted by atomic mass is 9.89. The molecule has 208 valence electrons. The number of nitrogens with two attached hydrogens (primary N) is 1. The van der Waals surface area contributed by atoms with Gasteiger partial charge in [-0.25, -0.2) is 9.78 Å². The number of fused-ring (bicyclic) bond motifs is 1.